The summed E-state index contributed by atoms with van der Waals surface area (Å²) in [6, 6.07) is 28.6. The van der Waals surface area contributed by atoms with Gasteiger partial charge in [0.1, 0.15) is 11.3 Å². The summed E-state index contributed by atoms with van der Waals surface area (Å²) < 4.78 is 13.0. The number of rotatable bonds is 1. The van der Waals surface area contributed by atoms with Gasteiger partial charge in [-0.2, -0.15) is 0 Å². The number of nitrogens with zero attached hydrogens (tertiary/aromatic N) is 1. The third-order valence-corrected chi connectivity index (χ3v) is 8.07. The van der Waals surface area contributed by atoms with Gasteiger partial charge in [-0.1, -0.05) is 84.0 Å². The number of fused-ring (bicyclic) bond motifs is 6. The number of furan rings is 1. The van der Waals surface area contributed by atoms with Crippen molar-refractivity contribution in [2.75, 3.05) is 4.90 Å². The van der Waals surface area contributed by atoms with E-state index in [9.17, 15) is 0 Å². The molecular formula is C34H32BNO2. The molecule has 1 aromatic heterocycles. The van der Waals surface area contributed by atoms with Crippen molar-refractivity contribution >= 4 is 45.9 Å². The molecule has 0 amide bonds. The van der Waals surface area contributed by atoms with Crippen molar-refractivity contribution in [1.29, 1.82) is 0 Å². The van der Waals surface area contributed by atoms with Crippen LogP contribution in [-0.4, -0.2) is 6.92 Å². The third-order valence-electron chi connectivity index (χ3n) is 8.07. The molecule has 3 nitrogen and oxygen atoms in total. The average molecular weight is 497 g/mol. The van der Waals surface area contributed by atoms with Gasteiger partial charge in [0.2, 0.25) is 0 Å². The normalized spacial score (nSPS) is 14.2. The molecule has 4 heteroatoms. The summed E-state index contributed by atoms with van der Waals surface area (Å²) in [5.74, 6) is 0.898. The number of para-hydroxylation sites is 1. The highest BCUT2D eigenvalue weighted by molar-refractivity contribution is 6.86. The summed E-state index contributed by atoms with van der Waals surface area (Å²) >= 11 is 0. The second kappa shape index (κ2) is 7.80. The van der Waals surface area contributed by atoms with Crippen molar-refractivity contribution < 1.29 is 9.07 Å². The van der Waals surface area contributed by atoms with Gasteiger partial charge >= 0.3 is 6.92 Å². The number of hydrogen-bond acceptors (Lipinski definition) is 3. The first-order valence-electron chi connectivity index (χ1n) is 13.5. The van der Waals surface area contributed by atoms with Gasteiger partial charge in [-0.25, -0.2) is 0 Å². The molecule has 0 aliphatic carbocycles. The van der Waals surface area contributed by atoms with Gasteiger partial charge in [0.15, 0.2) is 0 Å². The first kappa shape index (κ1) is 23.2. The molecule has 0 saturated carbocycles. The predicted molar refractivity (Wildman–Crippen MR) is 159 cm³/mol. The van der Waals surface area contributed by atoms with E-state index in [1.54, 1.807) is 6.26 Å². The fourth-order valence-corrected chi connectivity index (χ4v) is 5.96. The standard InChI is InChI=1S/C34H32BNO2/c1-33(2,3)22-11-14-24(15-12-22)36-27-16-13-23(34(4,5)6)20-26(27)35-31-28(36)19-21-17-18-37-32(21)30(31)25-9-7-8-10-29(25)38-35/h7-20H,1-6H3. The molecule has 0 fully saturated rings. The highest BCUT2D eigenvalue weighted by atomic mass is 16.4. The van der Waals surface area contributed by atoms with E-state index in [0.29, 0.717) is 0 Å². The molecule has 0 N–H and O–H groups in total. The highest BCUT2D eigenvalue weighted by Crippen LogP contribution is 2.46. The second-order valence-corrected chi connectivity index (χ2v) is 12.7. The van der Waals surface area contributed by atoms with Crippen LogP contribution in [0.25, 0.3) is 22.1 Å². The maximum Gasteiger partial charge on any atom is 0.431 e. The van der Waals surface area contributed by atoms with E-state index in [-0.39, 0.29) is 17.7 Å². The summed E-state index contributed by atoms with van der Waals surface area (Å²) in [4.78, 5) is 2.41. The van der Waals surface area contributed by atoms with Gasteiger partial charge in [-0.3, -0.25) is 0 Å². The van der Waals surface area contributed by atoms with Crippen LogP contribution in [0.15, 0.2) is 89.5 Å². The Balaban J connectivity index is 1.56. The minimum atomic E-state index is -0.216. The molecule has 0 unspecified atom stereocenters. The highest BCUT2D eigenvalue weighted by Gasteiger charge is 2.44. The zero-order valence-electron chi connectivity index (χ0n) is 22.9. The van der Waals surface area contributed by atoms with Gasteiger partial charge in [0, 0.05) is 39.0 Å². The summed E-state index contributed by atoms with van der Waals surface area (Å²) in [6.07, 6.45) is 1.80. The fraction of sp³-hybridized carbons (Fsp3) is 0.235. The predicted octanol–water partition coefficient (Wildman–Crippen LogP) is 7.98. The van der Waals surface area contributed by atoms with E-state index in [2.05, 4.69) is 119 Å². The number of hydrogen-bond donors (Lipinski definition) is 0. The SMILES string of the molecule is CC(C)(C)c1ccc(N2c3ccc(C(C)(C)C)cc3B3Oc4ccccc4-c4c3c2cc2ccoc42)cc1. The average Bonchev–Trinajstić information content (AvgIpc) is 3.36. The first-order valence-corrected chi connectivity index (χ1v) is 13.5. The Morgan fingerprint density at radius 1 is 0.711 bits per heavy atom. The zero-order chi connectivity index (χ0) is 26.4. The van der Waals surface area contributed by atoms with Crippen LogP contribution in [-0.2, 0) is 10.8 Å². The summed E-state index contributed by atoms with van der Waals surface area (Å²) in [6.45, 7) is 13.4. The van der Waals surface area contributed by atoms with Crippen LogP contribution in [0.5, 0.6) is 5.75 Å². The minimum absolute atomic E-state index is 0.0227. The maximum atomic E-state index is 6.84. The van der Waals surface area contributed by atoms with Gasteiger partial charge in [-0.05, 0) is 63.8 Å². The van der Waals surface area contributed by atoms with E-state index >= 15 is 0 Å². The van der Waals surface area contributed by atoms with Crippen molar-refractivity contribution in [1.82, 2.24) is 0 Å². The Hall–Kier alpha value is -3.92. The molecule has 0 spiro atoms. The lowest BCUT2D eigenvalue weighted by atomic mass is 9.49. The van der Waals surface area contributed by atoms with Crippen LogP contribution in [0.3, 0.4) is 0 Å². The molecule has 38 heavy (non-hydrogen) atoms. The van der Waals surface area contributed by atoms with E-state index in [4.69, 9.17) is 9.07 Å². The Bertz CT molecular complexity index is 1720. The lowest BCUT2D eigenvalue weighted by molar-refractivity contribution is 0.583. The third kappa shape index (κ3) is 3.36. The molecular weight excluding hydrogens is 465 g/mol. The van der Waals surface area contributed by atoms with Gasteiger partial charge in [0.25, 0.3) is 0 Å². The van der Waals surface area contributed by atoms with Crippen LogP contribution < -0.4 is 20.5 Å². The molecule has 2 aliphatic rings. The molecule has 7 rings (SSSR count). The summed E-state index contributed by atoms with van der Waals surface area (Å²) in [7, 11) is 0. The fourth-order valence-electron chi connectivity index (χ4n) is 5.96. The summed E-state index contributed by atoms with van der Waals surface area (Å²) in [5.41, 5.74) is 11.7. The largest absolute Gasteiger partial charge is 0.551 e. The lowest BCUT2D eigenvalue weighted by Gasteiger charge is -2.40. The monoisotopic (exact) mass is 497 g/mol. The summed E-state index contributed by atoms with van der Waals surface area (Å²) in [5, 5.41) is 1.10. The molecule has 188 valence electrons. The van der Waals surface area contributed by atoms with Gasteiger partial charge in [0.05, 0.1) is 6.26 Å². The molecule has 0 atom stereocenters. The van der Waals surface area contributed by atoms with Gasteiger partial charge < -0.3 is 14.0 Å². The van der Waals surface area contributed by atoms with E-state index in [1.807, 2.05) is 6.07 Å². The molecule has 2 aliphatic heterocycles. The van der Waals surface area contributed by atoms with E-state index in [1.165, 1.54) is 22.1 Å². The lowest BCUT2D eigenvalue weighted by Crippen LogP contribution is -2.56. The van der Waals surface area contributed by atoms with Crippen LogP contribution in [0, 0.1) is 0 Å². The van der Waals surface area contributed by atoms with Gasteiger partial charge in [-0.15, -0.1) is 0 Å². The zero-order valence-corrected chi connectivity index (χ0v) is 22.9. The Labute approximate surface area is 225 Å². The van der Waals surface area contributed by atoms with Crippen LogP contribution in [0.4, 0.5) is 17.1 Å². The molecule has 5 aromatic rings. The van der Waals surface area contributed by atoms with Crippen molar-refractivity contribution in [3.05, 3.63) is 96.3 Å². The number of anilines is 3. The molecule has 3 heterocycles. The van der Waals surface area contributed by atoms with E-state index < -0.39 is 0 Å². The molecule has 0 radical (unpaired) electrons. The quantitative estimate of drug-likeness (QED) is 0.220. The Kier molecular flexibility index (Phi) is 4.77. The maximum absolute atomic E-state index is 6.84. The van der Waals surface area contributed by atoms with Crippen molar-refractivity contribution in [3.8, 4) is 16.9 Å². The van der Waals surface area contributed by atoms with Crippen molar-refractivity contribution in [2.24, 2.45) is 0 Å². The Morgan fingerprint density at radius 2 is 1.42 bits per heavy atom. The van der Waals surface area contributed by atoms with Crippen LogP contribution in [0.1, 0.15) is 52.7 Å². The molecule has 0 saturated heterocycles. The van der Waals surface area contributed by atoms with Crippen molar-refractivity contribution in [3.63, 3.8) is 0 Å². The topological polar surface area (TPSA) is 25.6 Å². The molecule has 4 aromatic carbocycles. The minimum Gasteiger partial charge on any atom is -0.551 e. The first-order chi connectivity index (χ1) is 18.1. The van der Waals surface area contributed by atoms with Crippen LogP contribution in [0.2, 0.25) is 0 Å². The number of benzene rings is 4. The van der Waals surface area contributed by atoms with E-state index in [0.717, 1.165) is 44.9 Å². The Morgan fingerprint density at radius 3 is 2.16 bits per heavy atom. The van der Waals surface area contributed by atoms with Crippen LogP contribution >= 0.6 is 0 Å². The van der Waals surface area contributed by atoms with Crippen molar-refractivity contribution in [2.45, 2.75) is 52.4 Å². The molecule has 0 bridgehead atoms. The smallest absolute Gasteiger partial charge is 0.431 e. The second-order valence-electron chi connectivity index (χ2n) is 12.7.